The molecule has 22 heavy (non-hydrogen) atoms. The molecule has 1 heterocycles. The summed E-state index contributed by atoms with van der Waals surface area (Å²) in [7, 11) is 0. The molecule has 0 fully saturated rings. The minimum absolute atomic E-state index is 0.120. The highest BCUT2D eigenvalue weighted by molar-refractivity contribution is 7.20. The van der Waals surface area contributed by atoms with Gasteiger partial charge in [0.1, 0.15) is 0 Å². The van der Waals surface area contributed by atoms with E-state index in [1.807, 2.05) is 24.3 Å². The van der Waals surface area contributed by atoms with Gasteiger partial charge in [0.15, 0.2) is 0 Å². The number of carbonyl (C=O) groups is 1. The number of anilines is 1. The Morgan fingerprint density at radius 3 is 2.64 bits per heavy atom. The zero-order valence-electron chi connectivity index (χ0n) is 11.1. The van der Waals surface area contributed by atoms with E-state index >= 15 is 0 Å². The SMILES string of the molecule is O=C(Nc1ccc([N+](=O)[O-])cc1Cl)c1cc2ccccc2s1. The van der Waals surface area contributed by atoms with Crippen molar-refractivity contribution < 1.29 is 9.72 Å². The molecule has 0 spiro atoms. The van der Waals surface area contributed by atoms with Crippen molar-refractivity contribution in [1.29, 1.82) is 0 Å². The molecule has 0 saturated heterocycles. The topological polar surface area (TPSA) is 72.2 Å². The summed E-state index contributed by atoms with van der Waals surface area (Å²) in [6, 6.07) is 13.4. The fraction of sp³-hybridized carbons (Fsp3) is 0. The first-order chi connectivity index (χ1) is 10.5. The Morgan fingerprint density at radius 2 is 1.95 bits per heavy atom. The van der Waals surface area contributed by atoms with E-state index < -0.39 is 4.92 Å². The van der Waals surface area contributed by atoms with Gasteiger partial charge in [0.2, 0.25) is 0 Å². The van der Waals surface area contributed by atoms with Gasteiger partial charge in [0, 0.05) is 16.8 Å². The van der Waals surface area contributed by atoms with Crippen LogP contribution in [-0.4, -0.2) is 10.8 Å². The van der Waals surface area contributed by atoms with Crippen LogP contribution >= 0.6 is 22.9 Å². The number of nitrogens with one attached hydrogen (secondary N) is 1. The molecular weight excluding hydrogens is 324 g/mol. The highest BCUT2D eigenvalue weighted by Crippen LogP contribution is 2.29. The third kappa shape index (κ3) is 2.79. The maximum Gasteiger partial charge on any atom is 0.271 e. The summed E-state index contributed by atoms with van der Waals surface area (Å²) in [5, 5.41) is 14.5. The van der Waals surface area contributed by atoms with E-state index in [0.717, 1.165) is 10.1 Å². The second-order valence-corrected chi connectivity index (χ2v) is 6.01. The van der Waals surface area contributed by atoms with Gasteiger partial charge in [-0.15, -0.1) is 11.3 Å². The maximum absolute atomic E-state index is 12.3. The number of benzene rings is 2. The van der Waals surface area contributed by atoms with Gasteiger partial charge in [-0.25, -0.2) is 0 Å². The van der Waals surface area contributed by atoms with Crippen molar-refractivity contribution in [2.45, 2.75) is 0 Å². The predicted octanol–water partition coefficient (Wildman–Crippen LogP) is 4.72. The predicted molar refractivity (Wildman–Crippen MR) is 87.9 cm³/mol. The van der Waals surface area contributed by atoms with E-state index in [1.54, 1.807) is 6.07 Å². The summed E-state index contributed by atoms with van der Waals surface area (Å²) < 4.78 is 1.02. The van der Waals surface area contributed by atoms with Crippen molar-refractivity contribution in [3.63, 3.8) is 0 Å². The highest BCUT2D eigenvalue weighted by atomic mass is 35.5. The molecule has 3 aromatic rings. The van der Waals surface area contributed by atoms with Gasteiger partial charge in [-0.05, 0) is 23.6 Å². The molecule has 0 atom stereocenters. The van der Waals surface area contributed by atoms with Crippen molar-refractivity contribution in [2.75, 3.05) is 5.32 Å². The van der Waals surface area contributed by atoms with Gasteiger partial charge in [-0.1, -0.05) is 29.8 Å². The van der Waals surface area contributed by atoms with Gasteiger partial charge >= 0.3 is 0 Å². The Hall–Kier alpha value is -2.44. The first-order valence-electron chi connectivity index (χ1n) is 6.28. The summed E-state index contributed by atoms with van der Waals surface area (Å²) >= 11 is 7.34. The Kier molecular flexibility index (Phi) is 3.79. The lowest BCUT2D eigenvalue weighted by atomic mass is 10.2. The number of thiophene rings is 1. The second-order valence-electron chi connectivity index (χ2n) is 4.52. The van der Waals surface area contributed by atoms with Crippen molar-refractivity contribution in [2.24, 2.45) is 0 Å². The molecular formula is C15H9ClN2O3S. The molecule has 1 amide bonds. The molecule has 3 rings (SSSR count). The number of rotatable bonds is 3. The van der Waals surface area contributed by atoms with Crippen LogP contribution < -0.4 is 5.32 Å². The normalized spacial score (nSPS) is 10.6. The third-order valence-electron chi connectivity index (χ3n) is 3.06. The second kappa shape index (κ2) is 5.75. The summed E-state index contributed by atoms with van der Waals surface area (Å²) in [5.41, 5.74) is 0.222. The number of hydrogen-bond donors (Lipinski definition) is 1. The fourth-order valence-corrected chi connectivity index (χ4v) is 3.18. The van der Waals surface area contributed by atoms with E-state index in [9.17, 15) is 14.9 Å². The Bertz CT molecular complexity index is 858. The number of nitro groups is 1. The van der Waals surface area contributed by atoms with Crippen LogP contribution in [0.15, 0.2) is 48.5 Å². The summed E-state index contributed by atoms with van der Waals surface area (Å²) in [6.07, 6.45) is 0. The van der Waals surface area contributed by atoms with Crippen LogP contribution in [0.1, 0.15) is 9.67 Å². The van der Waals surface area contributed by atoms with Crippen molar-refractivity contribution in [1.82, 2.24) is 0 Å². The lowest BCUT2D eigenvalue weighted by molar-refractivity contribution is -0.384. The summed E-state index contributed by atoms with van der Waals surface area (Å²) in [6.45, 7) is 0. The third-order valence-corrected chi connectivity index (χ3v) is 4.49. The number of fused-ring (bicyclic) bond motifs is 1. The average molecular weight is 333 g/mol. The number of carbonyl (C=O) groups excluding carboxylic acids is 1. The highest BCUT2D eigenvalue weighted by Gasteiger charge is 2.14. The van der Waals surface area contributed by atoms with Gasteiger partial charge in [0.05, 0.1) is 20.5 Å². The number of nitro benzene ring substituents is 1. The monoisotopic (exact) mass is 332 g/mol. The first kappa shape index (κ1) is 14.5. The van der Waals surface area contributed by atoms with E-state index in [-0.39, 0.29) is 16.6 Å². The van der Waals surface area contributed by atoms with Crippen LogP contribution in [0.3, 0.4) is 0 Å². The van der Waals surface area contributed by atoms with Crippen LogP contribution in [-0.2, 0) is 0 Å². The minimum Gasteiger partial charge on any atom is -0.320 e. The number of non-ortho nitro benzene ring substituents is 1. The van der Waals surface area contributed by atoms with E-state index in [4.69, 9.17) is 11.6 Å². The molecule has 1 aromatic heterocycles. The molecule has 0 aliphatic heterocycles. The molecule has 0 unspecified atom stereocenters. The van der Waals surface area contributed by atoms with Gasteiger partial charge < -0.3 is 5.32 Å². The molecule has 7 heteroatoms. The quantitative estimate of drug-likeness (QED) is 0.557. The Morgan fingerprint density at radius 1 is 1.18 bits per heavy atom. The zero-order chi connectivity index (χ0) is 15.7. The van der Waals surface area contributed by atoms with Crippen LogP contribution in [0.5, 0.6) is 0 Å². The van der Waals surface area contributed by atoms with Crippen LogP contribution in [0.2, 0.25) is 5.02 Å². The number of hydrogen-bond acceptors (Lipinski definition) is 4. The number of amides is 1. The first-order valence-corrected chi connectivity index (χ1v) is 7.48. The summed E-state index contributed by atoms with van der Waals surface area (Å²) in [4.78, 5) is 22.9. The lowest BCUT2D eigenvalue weighted by Gasteiger charge is -2.05. The molecule has 0 bridgehead atoms. The largest absolute Gasteiger partial charge is 0.320 e. The van der Waals surface area contributed by atoms with E-state index in [0.29, 0.717) is 10.6 Å². The lowest BCUT2D eigenvalue weighted by Crippen LogP contribution is -2.10. The van der Waals surface area contributed by atoms with Crippen LogP contribution in [0.4, 0.5) is 11.4 Å². The van der Waals surface area contributed by atoms with Crippen LogP contribution in [0, 0.1) is 10.1 Å². The molecule has 0 radical (unpaired) electrons. The Balaban J connectivity index is 1.86. The molecule has 5 nitrogen and oxygen atoms in total. The maximum atomic E-state index is 12.3. The van der Waals surface area contributed by atoms with Gasteiger partial charge in [-0.2, -0.15) is 0 Å². The molecule has 0 saturated carbocycles. The fourth-order valence-electron chi connectivity index (χ4n) is 2.00. The standard InChI is InChI=1S/C15H9ClN2O3S/c16-11-8-10(18(20)21)5-6-12(11)17-15(19)14-7-9-3-1-2-4-13(9)22-14/h1-8H,(H,17,19). The zero-order valence-corrected chi connectivity index (χ0v) is 12.6. The molecule has 110 valence electrons. The number of halogens is 1. The van der Waals surface area contributed by atoms with Crippen molar-refractivity contribution in [3.8, 4) is 0 Å². The molecule has 0 aliphatic rings. The van der Waals surface area contributed by atoms with E-state index in [2.05, 4.69) is 5.32 Å². The molecule has 2 aromatic carbocycles. The molecule has 0 aliphatic carbocycles. The van der Waals surface area contributed by atoms with Gasteiger partial charge in [0.25, 0.3) is 11.6 Å². The summed E-state index contributed by atoms with van der Waals surface area (Å²) in [5.74, 6) is -0.294. The van der Waals surface area contributed by atoms with E-state index in [1.165, 1.54) is 29.5 Å². The average Bonchev–Trinajstić information content (AvgIpc) is 2.93. The number of nitrogens with zero attached hydrogens (tertiary/aromatic N) is 1. The van der Waals surface area contributed by atoms with Gasteiger partial charge in [-0.3, -0.25) is 14.9 Å². The Labute approximate surface area is 134 Å². The minimum atomic E-state index is -0.538. The van der Waals surface area contributed by atoms with Crippen molar-refractivity contribution >= 4 is 50.3 Å². The van der Waals surface area contributed by atoms with Crippen LogP contribution in [0.25, 0.3) is 10.1 Å². The smallest absolute Gasteiger partial charge is 0.271 e. The molecule has 1 N–H and O–H groups in total. The van der Waals surface area contributed by atoms with Crippen molar-refractivity contribution in [3.05, 3.63) is 68.5 Å².